The Kier molecular flexibility index (Phi) is 3.62. The summed E-state index contributed by atoms with van der Waals surface area (Å²) in [5, 5.41) is 0. The monoisotopic (exact) mass is 107 g/mol. The van der Waals surface area contributed by atoms with Crippen molar-refractivity contribution < 1.29 is 4.74 Å². The van der Waals surface area contributed by atoms with Crippen molar-refractivity contribution in [3.8, 4) is 0 Å². The van der Waals surface area contributed by atoms with Crippen molar-refractivity contribution in [2.45, 2.75) is 13.2 Å². The Morgan fingerprint density at radius 1 is 2.00 bits per heavy atom. The zero-order valence-electron chi connectivity index (χ0n) is 3.72. The Labute approximate surface area is 43.1 Å². The van der Waals surface area contributed by atoms with E-state index >= 15 is 0 Å². The third-order valence-corrected chi connectivity index (χ3v) is 0.486. The maximum absolute atomic E-state index is 5.13. The molecule has 0 aliphatic carbocycles. The maximum atomic E-state index is 5.13. The molecule has 2 nitrogen and oxygen atoms in total. The van der Waals surface area contributed by atoms with E-state index in [-0.39, 0.29) is 6.23 Å². The predicted molar refractivity (Wildman–Crippen MR) is 28.6 cm³/mol. The van der Waals surface area contributed by atoms with Crippen LogP contribution in [0, 0.1) is 0 Å². The Morgan fingerprint density at radius 3 is 2.50 bits per heavy atom. The van der Waals surface area contributed by atoms with Gasteiger partial charge in [0.05, 0.1) is 5.94 Å². The second-order valence-electron chi connectivity index (χ2n) is 1.00. The SMILES string of the molecule is CC(N)OCS. The molecule has 0 spiro atoms. The summed E-state index contributed by atoms with van der Waals surface area (Å²) >= 11 is 3.76. The molecule has 0 radical (unpaired) electrons. The summed E-state index contributed by atoms with van der Waals surface area (Å²) in [7, 11) is 0. The Hall–Kier alpha value is 0.270. The molecule has 3 heteroatoms. The molecule has 6 heavy (non-hydrogen) atoms. The lowest BCUT2D eigenvalue weighted by molar-refractivity contribution is 0.112. The van der Waals surface area contributed by atoms with E-state index in [0.717, 1.165) is 0 Å². The second kappa shape index (κ2) is 3.46. The zero-order chi connectivity index (χ0) is 4.99. The highest BCUT2D eigenvalue weighted by molar-refractivity contribution is 7.80. The number of hydrogen-bond acceptors (Lipinski definition) is 3. The molecule has 0 aromatic heterocycles. The lowest BCUT2D eigenvalue weighted by Crippen LogP contribution is -2.17. The first-order chi connectivity index (χ1) is 2.77. The molecule has 2 N–H and O–H groups in total. The van der Waals surface area contributed by atoms with Gasteiger partial charge in [-0.15, -0.1) is 0 Å². The molecular weight excluding hydrogens is 98.1 g/mol. The molecule has 0 fully saturated rings. The standard InChI is InChI=1S/C3H9NOS/c1-3(4)5-2-6/h3,6H,2,4H2,1H3. The minimum absolute atomic E-state index is 0.178. The van der Waals surface area contributed by atoms with Gasteiger partial charge in [0.2, 0.25) is 0 Å². The van der Waals surface area contributed by atoms with E-state index < -0.39 is 0 Å². The molecule has 0 aliphatic heterocycles. The first-order valence-electron chi connectivity index (χ1n) is 1.75. The topological polar surface area (TPSA) is 35.2 Å². The van der Waals surface area contributed by atoms with E-state index in [0.29, 0.717) is 5.94 Å². The van der Waals surface area contributed by atoms with Crippen LogP contribution in [0.4, 0.5) is 0 Å². The maximum Gasteiger partial charge on any atom is 0.103 e. The molecule has 0 bridgehead atoms. The molecule has 1 unspecified atom stereocenters. The minimum atomic E-state index is -0.178. The molecule has 0 rings (SSSR count). The fourth-order valence-corrected chi connectivity index (χ4v) is 0.353. The normalized spacial score (nSPS) is 14.5. The van der Waals surface area contributed by atoms with E-state index in [1.165, 1.54) is 0 Å². The van der Waals surface area contributed by atoms with Gasteiger partial charge in [0.15, 0.2) is 0 Å². The van der Waals surface area contributed by atoms with Crippen LogP contribution in [0.5, 0.6) is 0 Å². The van der Waals surface area contributed by atoms with Crippen LogP contribution in [-0.4, -0.2) is 12.2 Å². The molecule has 0 saturated heterocycles. The van der Waals surface area contributed by atoms with Crippen LogP contribution in [0.2, 0.25) is 0 Å². The van der Waals surface area contributed by atoms with Gasteiger partial charge in [-0.3, -0.25) is 0 Å². The summed E-state index contributed by atoms with van der Waals surface area (Å²) < 4.78 is 4.68. The number of nitrogens with two attached hydrogens (primary N) is 1. The summed E-state index contributed by atoms with van der Waals surface area (Å²) in [6, 6.07) is 0. The van der Waals surface area contributed by atoms with Crippen LogP contribution in [0.3, 0.4) is 0 Å². The van der Waals surface area contributed by atoms with E-state index in [9.17, 15) is 0 Å². The number of ether oxygens (including phenoxy) is 1. The third-order valence-electron chi connectivity index (χ3n) is 0.337. The van der Waals surface area contributed by atoms with Crippen molar-refractivity contribution in [3.05, 3.63) is 0 Å². The van der Waals surface area contributed by atoms with Crippen LogP contribution in [0.25, 0.3) is 0 Å². The minimum Gasteiger partial charge on any atom is -0.354 e. The molecular formula is C3H9NOS. The second-order valence-corrected chi connectivity index (χ2v) is 1.26. The highest BCUT2D eigenvalue weighted by Gasteiger charge is 1.84. The third kappa shape index (κ3) is 4.27. The fraction of sp³-hybridized carbons (Fsp3) is 1.00. The lowest BCUT2D eigenvalue weighted by Gasteiger charge is -2.00. The summed E-state index contributed by atoms with van der Waals surface area (Å²) in [4.78, 5) is 0. The van der Waals surface area contributed by atoms with E-state index in [4.69, 9.17) is 5.73 Å². The van der Waals surface area contributed by atoms with Gasteiger partial charge >= 0.3 is 0 Å². The quantitative estimate of drug-likeness (QED) is 0.390. The van der Waals surface area contributed by atoms with Gasteiger partial charge in [0.25, 0.3) is 0 Å². The Bertz CT molecular complexity index is 32.0. The van der Waals surface area contributed by atoms with Crippen LogP contribution < -0.4 is 5.73 Å². The van der Waals surface area contributed by atoms with Crippen molar-refractivity contribution in [1.29, 1.82) is 0 Å². The Balaban J connectivity index is 2.63. The number of hydrogen-bond donors (Lipinski definition) is 2. The van der Waals surface area contributed by atoms with Gasteiger partial charge in [0, 0.05) is 0 Å². The largest absolute Gasteiger partial charge is 0.354 e. The average Bonchev–Trinajstić information content (AvgIpc) is 1.35. The summed E-state index contributed by atoms with van der Waals surface area (Å²) in [5.41, 5.74) is 5.13. The Morgan fingerprint density at radius 2 is 2.50 bits per heavy atom. The highest BCUT2D eigenvalue weighted by atomic mass is 32.1. The van der Waals surface area contributed by atoms with Gasteiger partial charge < -0.3 is 10.5 Å². The van der Waals surface area contributed by atoms with Gasteiger partial charge in [0.1, 0.15) is 6.23 Å². The first kappa shape index (κ1) is 6.27. The van der Waals surface area contributed by atoms with E-state index in [2.05, 4.69) is 17.4 Å². The molecule has 0 amide bonds. The van der Waals surface area contributed by atoms with Crippen molar-refractivity contribution in [2.75, 3.05) is 5.94 Å². The molecule has 1 atom stereocenters. The fourth-order valence-electron chi connectivity index (χ4n) is 0.118. The molecule has 0 aromatic carbocycles. The number of thiol groups is 1. The van der Waals surface area contributed by atoms with Crippen molar-refractivity contribution in [1.82, 2.24) is 0 Å². The molecule has 0 heterocycles. The predicted octanol–water partition coefficient (Wildman–Crippen LogP) is 0.195. The number of rotatable bonds is 2. The average molecular weight is 107 g/mol. The van der Waals surface area contributed by atoms with Crippen LogP contribution >= 0.6 is 12.6 Å². The summed E-state index contributed by atoms with van der Waals surface area (Å²) in [6.07, 6.45) is -0.178. The highest BCUT2D eigenvalue weighted by Crippen LogP contribution is 1.79. The smallest absolute Gasteiger partial charge is 0.103 e. The molecule has 0 aromatic rings. The van der Waals surface area contributed by atoms with Gasteiger partial charge in [-0.05, 0) is 6.92 Å². The van der Waals surface area contributed by atoms with E-state index in [1.54, 1.807) is 6.92 Å². The van der Waals surface area contributed by atoms with Gasteiger partial charge in [-0.2, -0.15) is 12.6 Å². The van der Waals surface area contributed by atoms with Gasteiger partial charge in [-0.25, -0.2) is 0 Å². The summed E-state index contributed by atoms with van der Waals surface area (Å²) in [6.45, 7) is 1.76. The van der Waals surface area contributed by atoms with Crippen molar-refractivity contribution >= 4 is 12.6 Å². The lowest BCUT2D eigenvalue weighted by atomic mass is 10.7. The van der Waals surface area contributed by atoms with Gasteiger partial charge in [-0.1, -0.05) is 0 Å². The van der Waals surface area contributed by atoms with Crippen LogP contribution in [0.1, 0.15) is 6.92 Å². The summed E-state index contributed by atoms with van der Waals surface area (Å²) in [5.74, 6) is 0.400. The molecule has 0 aliphatic rings. The van der Waals surface area contributed by atoms with Crippen LogP contribution in [-0.2, 0) is 4.74 Å². The van der Waals surface area contributed by atoms with Crippen molar-refractivity contribution in [3.63, 3.8) is 0 Å². The first-order valence-corrected chi connectivity index (χ1v) is 2.38. The van der Waals surface area contributed by atoms with Crippen molar-refractivity contribution in [2.24, 2.45) is 5.73 Å². The molecule has 38 valence electrons. The molecule has 0 saturated carbocycles. The zero-order valence-corrected chi connectivity index (χ0v) is 4.61. The van der Waals surface area contributed by atoms with E-state index in [1.807, 2.05) is 0 Å². The van der Waals surface area contributed by atoms with Crippen LogP contribution in [0.15, 0.2) is 0 Å².